The fourth-order valence-corrected chi connectivity index (χ4v) is 3.47. The van der Waals surface area contributed by atoms with Crippen LogP contribution in [0.2, 0.25) is 0 Å². The Bertz CT molecular complexity index is 518. The van der Waals surface area contributed by atoms with Crippen molar-refractivity contribution in [3.05, 3.63) is 12.0 Å². The van der Waals surface area contributed by atoms with E-state index in [1.807, 2.05) is 6.92 Å². The van der Waals surface area contributed by atoms with Crippen molar-refractivity contribution in [3.8, 4) is 0 Å². The van der Waals surface area contributed by atoms with Gasteiger partial charge < -0.3 is 9.88 Å². The Hall–Kier alpha value is -0.920. The standard InChI is InChI=1S/C13H24N4O2S/c1-3-12-14-10-13(16-12)20(18,19)15-7-4-11-5-8-17(2)9-6-11/h10-11,15H,3-9H2,1-2H3,(H,14,16). The van der Waals surface area contributed by atoms with Gasteiger partial charge in [0.25, 0.3) is 10.0 Å². The molecular formula is C13H24N4O2S. The van der Waals surface area contributed by atoms with Crippen LogP contribution in [0.25, 0.3) is 0 Å². The lowest BCUT2D eigenvalue weighted by atomic mass is 9.94. The van der Waals surface area contributed by atoms with Gasteiger partial charge in [0.2, 0.25) is 0 Å². The van der Waals surface area contributed by atoms with E-state index in [0.717, 1.165) is 32.4 Å². The lowest BCUT2D eigenvalue weighted by Crippen LogP contribution is -2.32. The lowest BCUT2D eigenvalue weighted by molar-refractivity contribution is 0.213. The third kappa shape index (κ3) is 4.04. The summed E-state index contributed by atoms with van der Waals surface area (Å²) in [6.45, 7) is 4.65. The van der Waals surface area contributed by atoms with Gasteiger partial charge in [-0.15, -0.1) is 0 Å². The van der Waals surface area contributed by atoms with E-state index in [1.54, 1.807) is 0 Å². The number of imidazole rings is 1. The number of rotatable bonds is 6. The van der Waals surface area contributed by atoms with Crippen molar-refractivity contribution in [1.29, 1.82) is 0 Å². The van der Waals surface area contributed by atoms with Crippen LogP contribution >= 0.6 is 0 Å². The SMILES string of the molecule is CCc1ncc(S(=O)(=O)NCCC2CCN(C)CC2)[nH]1. The van der Waals surface area contributed by atoms with Crippen LogP contribution in [0.3, 0.4) is 0 Å². The molecule has 0 spiro atoms. The number of hydrogen-bond acceptors (Lipinski definition) is 4. The van der Waals surface area contributed by atoms with Crippen LogP contribution in [-0.4, -0.2) is 50.0 Å². The second kappa shape index (κ2) is 6.69. The van der Waals surface area contributed by atoms with Gasteiger partial charge in [-0.3, -0.25) is 0 Å². The molecule has 2 heterocycles. The molecule has 6 nitrogen and oxygen atoms in total. The van der Waals surface area contributed by atoms with E-state index < -0.39 is 10.0 Å². The normalized spacial score (nSPS) is 18.5. The monoisotopic (exact) mass is 300 g/mol. The van der Waals surface area contributed by atoms with E-state index in [1.165, 1.54) is 6.20 Å². The maximum atomic E-state index is 12.1. The summed E-state index contributed by atoms with van der Waals surface area (Å²) < 4.78 is 26.8. The fourth-order valence-electron chi connectivity index (χ4n) is 2.49. The van der Waals surface area contributed by atoms with Crippen LogP contribution in [0.5, 0.6) is 0 Å². The largest absolute Gasteiger partial charge is 0.332 e. The van der Waals surface area contributed by atoms with Crippen molar-refractivity contribution in [1.82, 2.24) is 19.6 Å². The Kier molecular flexibility index (Phi) is 5.17. The highest BCUT2D eigenvalue weighted by atomic mass is 32.2. The van der Waals surface area contributed by atoms with Gasteiger partial charge in [-0.25, -0.2) is 18.1 Å². The van der Waals surface area contributed by atoms with Gasteiger partial charge in [0, 0.05) is 13.0 Å². The van der Waals surface area contributed by atoms with Crippen LogP contribution in [-0.2, 0) is 16.4 Å². The third-order valence-electron chi connectivity index (χ3n) is 3.91. The summed E-state index contributed by atoms with van der Waals surface area (Å²) in [5, 5.41) is 0.165. The van der Waals surface area contributed by atoms with Crippen LogP contribution in [0.1, 0.15) is 32.0 Å². The first-order valence-corrected chi connectivity index (χ1v) is 8.71. The summed E-state index contributed by atoms with van der Waals surface area (Å²) >= 11 is 0. The van der Waals surface area contributed by atoms with E-state index in [0.29, 0.717) is 24.7 Å². The van der Waals surface area contributed by atoms with Crippen molar-refractivity contribution in [3.63, 3.8) is 0 Å². The van der Waals surface area contributed by atoms with Crippen molar-refractivity contribution < 1.29 is 8.42 Å². The molecule has 0 bridgehead atoms. The summed E-state index contributed by atoms with van der Waals surface area (Å²) in [6.07, 6.45) is 5.30. The zero-order valence-corrected chi connectivity index (χ0v) is 13.0. The number of H-pyrrole nitrogens is 1. The number of aryl methyl sites for hydroxylation is 1. The third-order valence-corrected chi connectivity index (χ3v) is 5.28. The molecule has 114 valence electrons. The molecule has 1 aromatic rings. The topological polar surface area (TPSA) is 78.1 Å². The second-order valence-electron chi connectivity index (χ2n) is 5.48. The molecule has 0 unspecified atom stereocenters. The summed E-state index contributed by atoms with van der Waals surface area (Å²) in [5.41, 5.74) is 0. The molecule has 1 aliphatic rings. The molecule has 1 fully saturated rings. The Balaban J connectivity index is 1.80. The molecule has 20 heavy (non-hydrogen) atoms. The van der Waals surface area contributed by atoms with Gasteiger partial charge in [0.05, 0.1) is 6.20 Å². The predicted molar refractivity (Wildman–Crippen MR) is 78.0 cm³/mol. The van der Waals surface area contributed by atoms with Crippen LogP contribution in [0, 0.1) is 5.92 Å². The Labute approximate surface area is 121 Å². The number of hydrogen-bond donors (Lipinski definition) is 2. The van der Waals surface area contributed by atoms with Crippen LogP contribution in [0.15, 0.2) is 11.2 Å². The predicted octanol–water partition coefficient (Wildman–Crippen LogP) is 0.982. The van der Waals surface area contributed by atoms with E-state index >= 15 is 0 Å². The van der Waals surface area contributed by atoms with E-state index in [-0.39, 0.29) is 5.03 Å². The van der Waals surface area contributed by atoms with Gasteiger partial charge in [-0.05, 0) is 45.3 Å². The van der Waals surface area contributed by atoms with Gasteiger partial charge in [0.1, 0.15) is 5.82 Å². The quantitative estimate of drug-likeness (QED) is 0.821. The minimum atomic E-state index is -3.44. The van der Waals surface area contributed by atoms with Gasteiger partial charge in [0.15, 0.2) is 5.03 Å². The molecule has 2 N–H and O–H groups in total. The first kappa shape index (κ1) is 15.5. The van der Waals surface area contributed by atoms with Crippen molar-refractivity contribution in [2.45, 2.75) is 37.6 Å². The van der Waals surface area contributed by atoms with E-state index in [4.69, 9.17) is 0 Å². The summed E-state index contributed by atoms with van der Waals surface area (Å²) in [5.74, 6) is 1.32. The minimum Gasteiger partial charge on any atom is -0.332 e. The number of aromatic nitrogens is 2. The number of piperidine rings is 1. The molecule has 1 aromatic heterocycles. The highest BCUT2D eigenvalue weighted by Gasteiger charge is 2.19. The number of likely N-dealkylation sites (tertiary alicyclic amines) is 1. The zero-order chi connectivity index (χ0) is 14.6. The number of aromatic amines is 1. The highest BCUT2D eigenvalue weighted by Crippen LogP contribution is 2.19. The van der Waals surface area contributed by atoms with E-state index in [9.17, 15) is 8.42 Å². The molecule has 0 radical (unpaired) electrons. The first-order chi connectivity index (χ1) is 9.51. The Morgan fingerprint density at radius 1 is 1.45 bits per heavy atom. The first-order valence-electron chi connectivity index (χ1n) is 7.23. The van der Waals surface area contributed by atoms with Gasteiger partial charge in [-0.2, -0.15) is 0 Å². The average molecular weight is 300 g/mol. The molecule has 2 rings (SSSR count). The maximum absolute atomic E-state index is 12.1. The molecular weight excluding hydrogens is 276 g/mol. The van der Waals surface area contributed by atoms with Crippen LogP contribution < -0.4 is 4.72 Å². The number of nitrogens with zero attached hydrogens (tertiary/aromatic N) is 2. The highest BCUT2D eigenvalue weighted by molar-refractivity contribution is 7.89. The van der Waals surface area contributed by atoms with Crippen LogP contribution in [0.4, 0.5) is 0 Å². The number of nitrogens with one attached hydrogen (secondary N) is 2. The molecule has 0 saturated carbocycles. The summed E-state index contributed by atoms with van der Waals surface area (Å²) in [7, 11) is -1.31. The van der Waals surface area contributed by atoms with E-state index in [2.05, 4.69) is 26.6 Å². The van der Waals surface area contributed by atoms with Crippen molar-refractivity contribution in [2.75, 3.05) is 26.7 Å². The molecule has 0 aliphatic carbocycles. The number of sulfonamides is 1. The lowest BCUT2D eigenvalue weighted by Gasteiger charge is -2.28. The summed E-state index contributed by atoms with van der Waals surface area (Å²) in [6, 6.07) is 0. The van der Waals surface area contributed by atoms with Gasteiger partial charge >= 0.3 is 0 Å². The summed E-state index contributed by atoms with van der Waals surface area (Å²) in [4.78, 5) is 9.17. The minimum absolute atomic E-state index is 0.165. The van der Waals surface area contributed by atoms with Crippen molar-refractivity contribution >= 4 is 10.0 Å². The molecule has 0 amide bonds. The molecule has 0 aromatic carbocycles. The second-order valence-corrected chi connectivity index (χ2v) is 7.22. The smallest absolute Gasteiger partial charge is 0.257 e. The molecule has 7 heteroatoms. The molecule has 0 atom stereocenters. The fraction of sp³-hybridized carbons (Fsp3) is 0.769. The van der Waals surface area contributed by atoms with Gasteiger partial charge in [-0.1, -0.05) is 6.92 Å². The molecule has 1 aliphatic heterocycles. The average Bonchev–Trinajstić information content (AvgIpc) is 2.90. The Morgan fingerprint density at radius 2 is 2.15 bits per heavy atom. The Morgan fingerprint density at radius 3 is 2.75 bits per heavy atom. The van der Waals surface area contributed by atoms with Crippen molar-refractivity contribution in [2.24, 2.45) is 5.92 Å². The zero-order valence-electron chi connectivity index (χ0n) is 12.2. The molecule has 1 saturated heterocycles. The maximum Gasteiger partial charge on any atom is 0.257 e.